The maximum atomic E-state index is 5.50. The number of aromatic nitrogens is 2. The fourth-order valence-corrected chi connectivity index (χ4v) is 2.36. The number of rotatable bonds is 6. The van der Waals surface area contributed by atoms with Gasteiger partial charge in [0, 0.05) is 19.8 Å². The van der Waals surface area contributed by atoms with Crippen molar-refractivity contribution < 1.29 is 9.15 Å². The lowest BCUT2D eigenvalue weighted by molar-refractivity contribution is 0.142. The van der Waals surface area contributed by atoms with E-state index in [1.807, 2.05) is 37.3 Å². The first-order chi connectivity index (χ1) is 9.90. The van der Waals surface area contributed by atoms with E-state index in [2.05, 4.69) is 15.6 Å². The first kappa shape index (κ1) is 12.9. The van der Waals surface area contributed by atoms with E-state index < -0.39 is 0 Å². The fourth-order valence-electron chi connectivity index (χ4n) is 2.36. The summed E-state index contributed by atoms with van der Waals surface area (Å²) in [5, 5.41) is 0. The topological polar surface area (TPSA) is 40.2 Å². The summed E-state index contributed by atoms with van der Waals surface area (Å²) >= 11 is 0. The lowest BCUT2D eigenvalue weighted by Gasteiger charge is -2.07. The number of aryl methyl sites for hydroxylation is 1. The smallest absolute Gasteiger partial charge is 0.177 e. The predicted octanol–water partition coefficient (Wildman–Crippen LogP) is 3.72. The second-order valence-electron chi connectivity index (χ2n) is 4.60. The number of imidazole rings is 1. The Kier molecular flexibility index (Phi) is 3.83. The van der Waals surface area contributed by atoms with Crippen molar-refractivity contribution in [3.8, 4) is 11.6 Å². The van der Waals surface area contributed by atoms with Crippen LogP contribution in [-0.2, 0) is 11.3 Å². The van der Waals surface area contributed by atoms with Crippen LogP contribution in [0.2, 0.25) is 0 Å². The monoisotopic (exact) mass is 270 g/mol. The predicted molar refractivity (Wildman–Crippen MR) is 78.5 cm³/mol. The van der Waals surface area contributed by atoms with Gasteiger partial charge in [-0.3, -0.25) is 0 Å². The van der Waals surface area contributed by atoms with Crippen LogP contribution in [0.1, 0.15) is 13.3 Å². The Hall–Kier alpha value is -2.07. The molecule has 4 heteroatoms. The minimum Gasteiger partial charge on any atom is -0.461 e. The summed E-state index contributed by atoms with van der Waals surface area (Å²) in [7, 11) is 0. The highest BCUT2D eigenvalue weighted by atomic mass is 16.5. The molecular formula is C16H18N2O2. The molecule has 2 heterocycles. The van der Waals surface area contributed by atoms with Gasteiger partial charge in [-0.15, -0.1) is 0 Å². The van der Waals surface area contributed by atoms with Gasteiger partial charge in [0.25, 0.3) is 0 Å². The van der Waals surface area contributed by atoms with Crippen molar-refractivity contribution >= 4 is 11.0 Å². The Morgan fingerprint density at radius 3 is 2.90 bits per heavy atom. The molecule has 0 aliphatic rings. The molecule has 0 spiro atoms. The molecule has 4 nitrogen and oxygen atoms in total. The van der Waals surface area contributed by atoms with E-state index in [9.17, 15) is 0 Å². The second-order valence-corrected chi connectivity index (χ2v) is 4.60. The molecular weight excluding hydrogens is 252 g/mol. The van der Waals surface area contributed by atoms with Crippen LogP contribution >= 0.6 is 0 Å². The van der Waals surface area contributed by atoms with Gasteiger partial charge in [0.05, 0.1) is 17.3 Å². The molecule has 3 aromatic rings. The van der Waals surface area contributed by atoms with E-state index >= 15 is 0 Å². The average molecular weight is 270 g/mol. The van der Waals surface area contributed by atoms with Crippen LogP contribution in [0.4, 0.5) is 0 Å². The molecule has 104 valence electrons. The van der Waals surface area contributed by atoms with Gasteiger partial charge in [0.15, 0.2) is 11.6 Å². The van der Waals surface area contributed by atoms with Crippen LogP contribution in [-0.4, -0.2) is 22.8 Å². The van der Waals surface area contributed by atoms with Crippen LogP contribution in [0.25, 0.3) is 22.6 Å². The van der Waals surface area contributed by atoms with Gasteiger partial charge in [-0.25, -0.2) is 4.98 Å². The summed E-state index contributed by atoms with van der Waals surface area (Å²) in [6.45, 7) is 4.41. The number of benzene rings is 1. The molecule has 0 atom stereocenters. The SMILES string of the molecule is CCOCCCn1c(-c2ccco2)nc2ccccc21. The van der Waals surface area contributed by atoms with E-state index in [-0.39, 0.29) is 0 Å². The van der Waals surface area contributed by atoms with Gasteiger partial charge in [-0.2, -0.15) is 0 Å². The van der Waals surface area contributed by atoms with Crippen LogP contribution in [0, 0.1) is 0 Å². The van der Waals surface area contributed by atoms with Gasteiger partial charge in [0.1, 0.15) is 0 Å². The maximum absolute atomic E-state index is 5.50. The molecule has 0 unspecified atom stereocenters. The summed E-state index contributed by atoms with van der Waals surface area (Å²) in [5.74, 6) is 1.69. The number of hydrogen-bond acceptors (Lipinski definition) is 3. The second kappa shape index (κ2) is 5.92. The van der Waals surface area contributed by atoms with Gasteiger partial charge in [0.2, 0.25) is 0 Å². The Labute approximate surface area is 118 Å². The quantitative estimate of drug-likeness (QED) is 0.641. The highest BCUT2D eigenvalue weighted by molar-refractivity contribution is 5.79. The normalized spacial score (nSPS) is 11.2. The Morgan fingerprint density at radius 1 is 1.20 bits per heavy atom. The van der Waals surface area contributed by atoms with Gasteiger partial charge < -0.3 is 13.7 Å². The van der Waals surface area contributed by atoms with Crippen LogP contribution < -0.4 is 0 Å². The zero-order valence-corrected chi connectivity index (χ0v) is 11.6. The highest BCUT2D eigenvalue weighted by Crippen LogP contribution is 2.25. The lowest BCUT2D eigenvalue weighted by atomic mass is 10.3. The van der Waals surface area contributed by atoms with E-state index in [1.165, 1.54) is 0 Å². The number of furan rings is 1. The Balaban J connectivity index is 1.96. The van der Waals surface area contributed by atoms with Gasteiger partial charge in [-0.1, -0.05) is 12.1 Å². The van der Waals surface area contributed by atoms with Crippen molar-refractivity contribution in [2.75, 3.05) is 13.2 Å². The Morgan fingerprint density at radius 2 is 2.10 bits per heavy atom. The van der Waals surface area contributed by atoms with E-state index in [4.69, 9.17) is 9.15 Å². The highest BCUT2D eigenvalue weighted by Gasteiger charge is 2.13. The molecule has 1 aromatic carbocycles. The molecule has 0 saturated carbocycles. The van der Waals surface area contributed by atoms with Gasteiger partial charge in [-0.05, 0) is 37.6 Å². The summed E-state index contributed by atoms with van der Waals surface area (Å²) in [6.07, 6.45) is 2.64. The molecule has 0 bridgehead atoms. The van der Waals surface area contributed by atoms with E-state index in [0.717, 1.165) is 48.8 Å². The summed E-state index contributed by atoms with van der Waals surface area (Å²) in [4.78, 5) is 4.68. The third kappa shape index (κ3) is 2.47. The number of para-hydroxylation sites is 2. The molecule has 20 heavy (non-hydrogen) atoms. The molecule has 0 radical (unpaired) electrons. The van der Waals surface area contributed by atoms with Crippen molar-refractivity contribution in [3.63, 3.8) is 0 Å². The molecule has 0 saturated heterocycles. The number of ether oxygens (including phenoxy) is 1. The number of hydrogen-bond donors (Lipinski definition) is 0. The average Bonchev–Trinajstić information content (AvgIpc) is 3.11. The number of fused-ring (bicyclic) bond motifs is 1. The molecule has 0 aliphatic carbocycles. The van der Waals surface area contributed by atoms with E-state index in [0.29, 0.717) is 0 Å². The van der Waals surface area contributed by atoms with Crippen molar-refractivity contribution in [1.29, 1.82) is 0 Å². The fraction of sp³-hybridized carbons (Fsp3) is 0.312. The molecule has 0 N–H and O–H groups in total. The van der Waals surface area contributed by atoms with Crippen molar-refractivity contribution in [1.82, 2.24) is 9.55 Å². The van der Waals surface area contributed by atoms with Crippen LogP contribution in [0.15, 0.2) is 47.1 Å². The molecule has 3 rings (SSSR count). The van der Waals surface area contributed by atoms with Crippen molar-refractivity contribution in [2.24, 2.45) is 0 Å². The van der Waals surface area contributed by atoms with E-state index in [1.54, 1.807) is 6.26 Å². The lowest BCUT2D eigenvalue weighted by Crippen LogP contribution is -2.04. The Bertz CT molecular complexity index is 671. The summed E-state index contributed by atoms with van der Waals surface area (Å²) in [6, 6.07) is 12.0. The summed E-state index contributed by atoms with van der Waals surface area (Å²) in [5.41, 5.74) is 2.13. The number of nitrogens with zero attached hydrogens (tertiary/aromatic N) is 2. The first-order valence-electron chi connectivity index (χ1n) is 6.97. The standard InChI is InChI=1S/C16H18N2O2/c1-2-19-11-6-10-18-14-8-4-3-7-13(14)17-16(18)15-9-5-12-20-15/h3-5,7-9,12H,2,6,10-11H2,1H3. The first-order valence-corrected chi connectivity index (χ1v) is 6.97. The minimum atomic E-state index is 0.760. The molecule has 0 aliphatic heterocycles. The zero-order chi connectivity index (χ0) is 13.8. The molecule has 0 amide bonds. The van der Waals surface area contributed by atoms with Crippen molar-refractivity contribution in [2.45, 2.75) is 19.9 Å². The largest absolute Gasteiger partial charge is 0.461 e. The minimum absolute atomic E-state index is 0.760. The molecule has 0 fully saturated rings. The van der Waals surface area contributed by atoms with Gasteiger partial charge >= 0.3 is 0 Å². The van der Waals surface area contributed by atoms with Crippen LogP contribution in [0.5, 0.6) is 0 Å². The molecule has 2 aromatic heterocycles. The summed E-state index contributed by atoms with van der Waals surface area (Å²) < 4.78 is 13.1. The zero-order valence-electron chi connectivity index (χ0n) is 11.6. The third-order valence-electron chi connectivity index (χ3n) is 3.27. The van der Waals surface area contributed by atoms with Crippen LogP contribution in [0.3, 0.4) is 0 Å². The maximum Gasteiger partial charge on any atom is 0.177 e. The van der Waals surface area contributed by atoms with Crippen molar-refractivity contribution in [3.05, 3.63) is 42.7 Å². The third-order valence-corrected chi connectivity index (χ3v) is 3.27.